The molecule has 0 atom stereocenters. The van der Waals surface area contributed by atoms with Crippen LogP contribution >= 0.6 is 0 Å². The third kappa shape index (κ3) is 6.90. The number of hydrogen-bond donors (Lipinski definition) is 0. The smallest absolute Gasteiger partial charge is 0.245 e. The second-order valence-corrected chi connectivity index (χ2v) is 13.0. The van der Waals surface area contributed by atoms with Crippen LogP contribution in [-0.2, 0) is 27.9 Å². The third-order valence-electron chi connectivity index (χ3n) is 8.14. The van der Waals surface area contributed by atoms with E-state index in [2.05, 4.69) is 9.55 Å². The van der Waals surface area contributed by atoms with Crippen molar-refractivity contribution < 1.29 is 17.6 Å². The summed E-state index contributed by atoms with van der Waals surface area (Å²) < 4.78 is 45.0. The molecule has 1 fully saturated rings. The maximum atomic E-state index is 14.1. The van der Waals surface area contributed by atoms with Gasteiger partial charge in [-0.05, 0) is 61.2 Å². The highest BCUT2D eigenvalue weighted by Gasteiger charge is 2.33. The van der Waals surface area contributed by atoms with Gasteiger partial charge >= 0.3 is 0 Å². The quantitative estimate of drug-likeness (QED) is 0.192. The van der Waals surface area contributed by atoms with Crippen molar-refractivity contribution >= 4 is 26.8 Å². The average molecular weight is 591 g/mol. The van der Waals surface area contributed by atoms with E-state index in [-0.39, 0.29) is 35.8 Å². The van der Waals surface area contributed by atoms with Crippen LogP contribution in [0.3, 0.4) is 0 Å². The Morgan fingerprint density at radius 2 is 1.76 bits per heavy atom. The zero-order chi connectivity index (χ0) is 29.5. The minimum atomic E-state index is -3.99. The van der Waals surface area contributed by atoms with Gasteiger partial charge in [-0.1, -0.05) is 62.9 Å². The Kier molecular flexibility index (Phi) is 9.69. The van der Waals surface area contributed by atoms with E-state index in [1.54, 1.807) is 36.5 Å². The minimum Gasteiger partial charge on any atom is -0.345 e. The molecule has 0 N–H and O–H groups in total. The maximum absolute atomic E-state index is 14.1. The predicted octanol–water partition coefficient (Wildman–Crippen LogP) is 6.38. The number of hydrogen-bond acceptors (Lipinski definition) is 4. The minimum absolute atomic E-state index is 0.0513. The van der Waals surface area contributed by atoms with E-state index >= 15 is 0 Å². The number of nitrogens with zero attached hydrogens (tertiary/aromatic N) is 4. The van der Waals surface area contributed by atoms with Crippen LogP contribution in [-0.4, -0.2) is 52.2 Å². The molecule has 1 amide bonds. The van der Waals surface area contributed by atoms with Crippen molar-refractivity contribution in [2.45, 2.75) is 75.9 Å². The molecular weight excluding hydrogens is 551 g/mol. The number of fused-ring (bicyclic) bond motifs is 1. The molecule has 0 saturated heterocycles. The van der Waals surface area contributed by atoms with E-state index in [9.17, 15) is 17.6 Å². The van der Waals surface area contributed by atoms with Crippen LogP contribution in [0.2, 0.25) is 0 Å². The van der Waals surface area contributed by atoms with Crippen LogP contribution in [0.15, 0.2) is 84.0 Å². The first-order valence-electron chi connectivity index (χ1n) is 14.9. The van der Waals surface area contributed by atoms with Gasteiger partial charge in [0.2, 0.25) is 15.9 Å². The molecule has 0 spiro atoms. The van der Waals surface area contributed by atoms with Crippen molar-refractivity contribution in [1.29, 1.82) is 0 Å². The van der Waals surface area contributed by atoms with Gasteiger partial charge in [-0.3, -0.25) is 9.78 Å². The highest BCUT2D eigenvalue weighted by atomic mass is 32.2. The number of carbonyl (C=O) groups is 1. The lowest BCUT2D eigenvalue weighted by molar-refractivity contribution is -0.135. The van der Waals surface area contributed by atoms with Crippen LogP contribution in [0.25, 0.3) is 10.9 Å². The predicted molar refractivity (Wildman–Crippen MR) is 163 cm³/mol. The number of sulfonamides is 1. The summed E-state index contributed by atoms with van der Waals surface area (Å²) in [5.74, 6) is -0.466. The summed E-state index contributed by atoms with van der Waals surface area (Å²) >= 11 is 0. The van der Waals surface area contributed by atoms with Gasteiger partial charge in [-0.25, -0.2) is 12.8 Å². The summed E-state index contributed by atoms with van der Waals surface area (Å²) in [5, 5.41) is 0.742. The van der Waals surface area contributed by atoms with Crippen molar-refractivity contribution in [2.75, 3.05) is 13.1 Å². The topological polar surface area (TPSA) is 75.5 Å². The van der Waals surface area contributed by atoms with Gasteiger partial charge in [0.25, 0.3) is 0 Å². The van der Waals surface area contributed by atoms with Crippen molar-refractivity contribution in [1.82, 2.24) is 18.8 Å². The van der Waals surface area contributed by atoms with Gasteiger partial charge in [-0.15, -0.1) is 0 Å². The first kappa shape index (κ1) is 29.9. The van der Waals surface area contributed by atoms with E-state index in [0.29, 0.717) is 25.0 Å². The highest BCUT2D eigenvalue weighted by Crippen LogP contribution is 2.27. The second kappa shape index (κ2) is 13.6. The van der Waals surface area contributed by atoms with Crippen LogP contribution in [0, 0.1) is 5.82 Å². The average Bonchev–Trinajstić information content (AvgIpc) is 3.45. The standard InChI is InChI=1S/C33H39FN4O3S/c1-2-3-22-37(42(40,41)31-15-7-10-27-11-8-20-35-33(27)31)25-32(39)38(29-12-5-4-6-13-29)24-30-14-9-21-36(30)23-26-16-18-28(34)19-17-26/h7-11,14-21,29H,2-6,12-13,22-25H2,1H3. The molecule has 2 heterocycles. The molecule has 0 aliphatic heterocycles. The van der Waals surface area contributed by atoms with Crippen molar-refractivity contribution in [2.24, 2.45) is 0 Å². The molecule has 0 unspecified atom stereocenters. The number of pyridine rings is 1. The Balaban J connectivity index is 1.42. The normalized spacial score (nSPS) is 14.5. The number of amides is 1. The van der Waals surface area contributed by atoms with E-state index in [0.717, 1.165) is 55.2 Å². The van der Waals surface area contributed by atoms with Crippen LogP contribution < -0.4 is 0 Å². The SMILES string of the molecule is CCCCN(CC(=O)N(Cc1cccn1Cc1ccc(F)cc1)C1CCCCC1)S(=O)(=O)c1cccc2cccnc12. The first-order valence-corrected chi connectivity index (χ1v) is 16.3. The number of carbonyl (C=O) groups excluding carboxylic acids is 1. The molecule has 5 rings (SSSR count). The number of para-hydroxylation sites is 1. The van der Waals surface area contributed by atoms with Gasteiger partial charge in [0.05, 0.1) is 18.6 Å². The summed E-state index contributed by atoms with van der Waals surface area (Å²) in [7, 11) is -3.99. The van der Waals surface area contributed by atoms with Gasteiger partial charge in [0.1, 0.15) is 10.7 Å². The van der Waals surface area contributed by atoms with E-state index < -0.39 is 10.0 Å². The molecule has 7 nitrogen and oxygen atoms in total. The Morgan fingerprint density at radius 3 is 2.52 bits per heavy atom. The van der Waals surface area contributed by atoms with Crippen LogP contribution in [0.5, 0.6) is 0 Å². The lowest BCUT2D eigenvalue weighted by Gasteiger charge is -2.36. The molecule has 222 valence electrons. The van der Waals surface area contributed by atoms with E-state index in [1.807, 2.05) is 42.3 Å². The monoisotopic (exact) mass is 590 g/mol. The fourth-order valence-corrected chi connectivity index (χ4v) is 7.40. The third-order valence-corrected chi connectivity index (χ3v) is 10.0. The number of aromatic nitrogens is 2. The summed E-state index contributed by atoms with van der Waals surface area (Å²) in [6.07, 6.45) is 10.0. The number of benzene rings is 2. The zero-order valence-corrected chi connectivity index (χ0v) is 25.0. The highest BCUT2D eigenvalue weighted by molar-refractivity contribution is 7.89. The Hall–Kier alpha value is -3.56. The fourth-order valence-electron chi connectivity index (χ4n) is 5.81. The molecule has 0 radical (unpaired) electrons. The summed E-state index contributed by atoms with van der Waals surface area (Å²) in [4.78, 5) is 20.5. The van der Waals surface area contributed by atoms with Crippen LogP contribution in [0.4, 0.5) is 4.39 Å². The molecule has 1 saturated carbocycles. The number of rotatable bonds is 12. The summed E-state index contributed by atoms with van der Waals surface area (Å²) in [5.41, 5.74) is 2.33. The van der Waals surface area contributed by atoms with Crippen molar-refractivity contribution in [3.8, 4) is 0 Å². The van der Waals surface area contributed by atoms with E-state index in [4.69, 9.17) is 0 Å². The molecule has 2 aromatic carbocycles. The molecule has 0 bridgehead atoms. The molecule has 1 aliphatic rings. The van der Waals surface area contributed by atoms with Gasteiger partial charge < -0.3 is 9.47 Å². The maximum Gasteiger partial charge on any atom is 0.245 e. The Labute approximate surface area is 248 Å². The first-order chi connectivity index (χ1) is 20.4. The van der Waals surface area contributed by atoms with E-state index in [1.165, 1.54) is 16.4 Å². The molecule has 4 aromatic rings. The number of halogens is 1. The Morgan fingerprint density at radius 1 is 1.00 bits per heavy atom. The Bertz CT molecular complexity index is 1590. The second-order valence-electron chi connectivity index (χ2n) is 11.1. The van der Waals surface area contributed by atoms with Crippen molar-refractivity contribution in [3.05, 3.63) is 96.2 Å². The van der Waals surface area contributed by atoms with Gasteiger partial charge in [0, 0.05) is 42.6 Å². The molecular formula is C33H39FN4O3S. The van der Waals surface area contributed by atoms with Crippen LogP contribution in [0.1, 0.15) is 63.1 Å². The lowest BCUT2D eigenvalue weighted by atomic mass is 9.94. The lowest BCUT2D eigenvalue weighted by Crippen LogP contribution is -2.47. The van der Waals surface area contributed by atoms with Gasteiger partial charge in [0.15, 0.2) is 0 Å². The molecule has 42 heavy (non-hydrogen) atoms. The zero-order valence-electron chi connectivity index (χ0n) is 24.2. The molecule has 9 heteroatoms. The molecule has 1 aliphatic carbocycles. The fraction of sp³-hybridized carbons (Fsp3) is 0.394. The largest absolute Gasteiger partial charge is 0.345 e. The number of unbranched alkanes of at least 4 members (excludes halogenated alkanes) is 1. The van der Waals surface area contributed by atoms with Crippen molar-refractivity contribution in [3.63, 3.8) is 0 Å². The molecule has 2 aromatic heterocycles. The van der Waals surface area contributed by atoms with Gasteiger partial charge in [-0.2, -0.15) is 4.31 Å². The summed E-state index contributed by atoms with van der Waals surface area (Å²) in [6.45, 7) is 2.99. The summed E-state index contributed by atoms with van der Waals surface area (Å²) in [6, 6.07) is 19.2.